The van der Waals surface area contributed by atoms with Crippen LogP contribution in [0.2, 0.25) is 10.0 Å². The lowest BCUT2D eigenvalue weighted by Crippen LogP contribution is -2.42. The van der Waals surface area contributed by atoms with Crippen molar-refractivity contribution in [3.05, 3.63) is 68.7 Å². The molecular formula is C22H20Cl2F3N3OS. The highest BCUT2D eigenvalue weighted by molar-refractivity contribution is 7.80. The Morgan fingerprint density at radius 2 is 1.94 bits per heavy atom. The van der Waals surface area contributed by atoms with Crippen LogP contribution in [0.1, 0.15) is 48.1 Å². The number of oxime groups is 1. The summed E-state index contributed by atoms with van der Waals surface area (Å²) in [4.78, 5) is 5.10. The van der Waals surface area contributed by atoms with Gasteiger partial charge in [0.05, 0.1) is 11.8 Å². The van der Waals surface area contributed by atoms with Gasteiger partial charge in [0, 0.05) is 28.6 Å². The highest BCUT2D eigenvalue weighted by Gasteiger charge is 2.62. The van der Waals surface area contributed by atoms with Gasteiger partial charge in [-0.1, -0.05) is 40.5 Å². The minimum absolute atomic E-state index is 0.0650. The molecule has 0 fully saturated rings. The van der Waals surface area contributed by atoms with Crippen molar-refractivity contribution in [2.75, 3.05) is 6.54 Å². The van der Waals surface area contributed by atoms with Gasteiger partial charge in [-0.2, -0.15) is 13.2 Å². The van der Waals surface area contributed by atoms with Crippen LogP contribution in [0.3, 0.4) is 0 Å². The lowest BCUT2D eigenvalue weighted by Gasteiger charge is -2.29. The van der Waals surface area contributed by atoms with Crippen LogP contribution in [-0.4, -0.2) is 23.5 Å². The maximum atomic E-state index is 14.2. The molecule has 0 spiro atoms. The topological polar surface area (TPSA) is 45.7 Å². The average molecular weight is 502 g/mol. The minimum atomic E-state index is -4.72. The number of nitrogens with zero attached hydrogens (tertiary/aromatic N) is 1. The van der Waals surface area contributed by atoms with Crippen molar-refractivity contribution in [2.24, 2.45) is 5.16 Å². The molecule has 1 aliphatic heterocycles. The molecule has 2 aliphatic rings. The standard InChI is InChI=1S/C22H20Cl2F3N3OS/c1-2-28-20(32)29-18-6-4-12-7-13(3-5-17(12)18)19-11-21(31-30-19,22(25,26)27)14-8-15(23)10-16(24)9-14/h3,5,7-10,18H,2,4,6,11H2,1H3,(H2,28,29,32). The van der Waals surface area contributed by atoms with Crippen LogP contribution in [0.4, 0.5) is 13.2 Å². The van der Waals surface area contributed by atoms with Crippen LogP contribution in [0.5, 0.6) is 0 Å². The van der Waals surface area contributed by atoms with Gasteiger partial charge in [-0.3, -0.25) is 0 Å². The van der Waals surface area contributed by atoms with Crippen LogP contribution in [0.25, 0.3) is 0 Å². The molecule has 2 N–H and O–H groups in total. The first-order chi connectivity index (χ1) is 15.1. The molecule has 2 atom stereocenters. The quantitative estimate of drug-likeness (QED) is 0.500. The fourth-order valence-electron chi connectivity index (χ4n) is 4.16. The van der Waals surface area contributed by atoms with Crippen molar-refractivity contribution < 1.29 is 18.0 Å². The Morgan fingerprint density at radius 1 is 1.22 bits per heavy atom. The largest absolute Gasteiger partial charge is 0.435 e. The van der Waals surface area contributed by atoms with Gasteiger partial charge in [-0.25, -0.2) is 0 Å². The molecular weight excluding hydrogens is 482 g/mol. The molecule has 0 amide bonds. The second-order valence-electron chi connectivity index (χ2n) is 7.80. The van der Waals surface area contributed by atoms with E-state index in [0.717, 1.165) is 30.5 Å². The van der Waals surface area contributed by atoms with E-state index in [-0.39, 0.29) is 27.4 Å². The van der Waals surface area contributed by atoms with Crippen molar-refractivity contribution >= 4 is 46.2 Å². The zero-order chi connectivity index (χ0) is 23.1. The summed E-state index contributed by atoms with van der Waals surface area (Å²) >= 11 is 17.2. The Kier molecular flexibility index (Phi) is 6.31. The zero-order valence-electron chi connectivity index (χ0n) is 17.0. The number of halogens is 5. The van der Waals surface area contributed by atoms with Gasteiger partial charge in [0.25, 0.3) is 5.60 Å². The Labute approximate surface area is 199 Å². The van der Waals surface area contributed by atoms with Crippen molar-refractivity contribution in [2.45, 2.75) is 44.0 Å². The number of hydrogen-bond donors (Lipinski definition) is 2. The minimum Gasteiger partial charge on any atom is -0.374 e. The van der Waals surface area contributed by atoms with Crippen molar-refractivity contribution in [3.8, 4) is 0 Å². The van der Waals surface area contributed by atoms with E-state index in [2.05, 4.69) is 15.8 Å². The summed E-state index contributed by atoms with van der Waals surface area (Å²) in [6, 6.07) is 9.44. The number of benzene rings is 2. The summed E-state index contributed by atoms with van der Waals surface area (Å²) in [6.45, 7) is 2.69. The predicted octanol–water partition coefficient (Wildman–Crippen LogP) is 6.05. The Bertz CT molecular complexity index is 1070. The van der Waals surface area contributed by atoms with Crippen LogP contribution in [0.15, 0.2) is 41.6 Å². The summed E-state index contributed by atoms with van der Waals surface area (Å²) in [5.41, 5.74) is 0.134. The van der Waals surface area contributed by atoms with E-state index < -0.39 is 18.2 Å². The van der Waals surface area contributed by atoms with Crippen LogP contribution < -0.4 is 10.6 Å². The molecule has 1 heterocycles. The normalized spacial score (nSPS) is 22.2. The van der Waals surface area contributed by atoms with Gasteiger partial charge in [0.15, 0.2) is 5.11 Å². The van der Waals surface area contributed by atoms with E-state index in [1.807, 2.05) is 19.1 Å². The molecule has 0 aromatic heterocycles. The van der Waals surface area contributed by atoms with Gasteiger partial charge in [-0.05, 0) is 72.9 Å². The molecule has 0 radical (unpaired) electrons. The summed E-state index contributed by atoms with van der Waals surface area (Å²) < 4.78 is 42.6. The summed E-state index contributed by atoms with van der Waals surface area (Å²) in [5.74, 6) is 0. The molecule has 0 bridgehead atoms. The number of thiocarbonyl (C=S) groups is 1. The second kappa shape index (κ2) is 8.72. The van der Waals surface area contributed by atoms with E-state index in [1.54, 1.807) is 6.07 Å². The van der Waals surface area contributed by atoms with E-state index in [9.17, 15) is 13.2 Å². The monoisotopic (exact) mass is 501 g/mol. The Morgan fingerprint density at radius 3 is 2.59 bits per heavy atom. The summed E-state index contributed by atoms with van der Waals surface area (Å²) in [7, 11) is 0. The highest BCUT2D eigenvalue weighted by atomic mass is 35.5. The van der Waals surface area contributed by atoms with Gasteiger partial charge >= 0.3 is 6.18 Å². The predicted molar refractivity (Wildman–Crippen MR) is 123 cm³/mol. The summed E-state index contributed by atoms with van der Waals surface area (Å²) in [5, 5.41) is 11.0. The number of aryl methyl sites for hydroxylation is 1. The van der Waals surface area contributed by atoms with Gasteiger partial charge in [0.2, 0.25) is 0 Å². The van der Waals surface area contributed by atoms with E-state index in [1.165, 1.54) is 18.2 Å². The fourth-order valence-corrected chi connectivity index (χ4v) is 4.97. The molecule has 0 saturated heterocycles. The van der Waals surface area contributed by atoms with Gasteiger partial charge in [-0.15, -0.1) is 0 Å². The Balaban J connectivity index is 1.60. The van der Waals surface area contributed by atoms with Crippen molar-refractivity contribution in [1.82, 2.24) is 10.6 Å². The second-order valence-corrected chi connectivity index (χ2v) is 9.08. The molecule has 2 aromatic carbocycles. The third-order valence-electron chi connectivity index (χ3n) is 5.71. The van der Waals surface area contributed by atoms with Crippen molar-refractivity contribution in [1.29, 1.82) is 0 Å². The lowest BCUT2D eigenvalue weighted by molar-refractivity contribution is -0.275. The fraction of sp³-hybridized carbons (Fsp3) is 0.364. The molecule has 0 saturated carbocycles. The SMILES string of the molecule is CCNC(=S)NC1CCc2cc(C3=NOC(c4cc(Cl)cc(Cl)c4)(C(F)(F)F)C3)ccc21. The first-order valence-electron chi connectivity index (χ1n) is 10.1. The van der Waals surface area contributed by atoms with Gasteiger partial charge < -0.3 is 15.5 Å². The first-order valence-corrected chi connectivity index (χ1v) is 11.3. The average Bonchev–Trinajstić information content (AvgIpc) is 3.32. The molecule has 1 aliphatic carbocycles. The summed E-state index contributed by atoms with van der Waals surface area (Å²) in [6.07, 6.45) is -3.56. The van der Waals surface area contributed by atoms with Crippen LogP contribution in [0, 0.1) is 0 Å². The number of fused-ring (bicyclic) bond motifs is 1. The number of rotatable bonds is 4. The smallest absolute Gasteiger partial charge is 0.374 e. The maximum absolute atomic E-state index is 14.2. The maximum Gasteiger partial charge on any atom is 0.435 e. The molecule has 32 heavy (non-hydrogen) atoms. The third-order valence-corrected chi connectivity index (χ3v) is 6.41. The number of alkyl halides is 3. The number of hydrogen-bond acceptors (Lipinski definition) is 3. The zero-order valence-corrected chi connectivity index (χ0v) is 19.4. The molecule has 4 nitrogen and oxygen atoms in total. The number of nitrogens with one attached hydrogen (secondary N) is 2. The molecule has 4 rings (SSSR count). The molecule has 170 valence electrons. The molecule has 2 aromatic rings. The van der Waals surface area contributed by atoms with E-state index in [4.69, 9.17) is 40.3 Å². The van der Waals surface area contributed by atoms with Crippen molar-refractivity contribution in [3.63, 3.8) is 0 Å². The lowest BCUT2D eigenvalue weighted by atomic mass is 9.86. The molecule has 2 unspecified atom stereocenters. The van der Waals surface area contributed by atoms with Crippen LogP contribution in [-0.2, 0) is 16.9 Å². The van der Waals surface area contributed by atoms with Crippen LogP contribution >= 0.6 is 35.4 Å². The first kappa shape index (κ1) is 23.1. The van der Waals surface area contributed by atoms with Gasteiger partial charge in [0.1, 0.15) is 0 Å². The van der Waals surface area contributed by atoms with E-state index >= 15 is 0 Å². The molecule has 10 heteroatoms. The van der Waals surface area contributed by atoms with E-state index in [0.29, 0.717) is 10.7 Å². The third kappa shape index (κ3) is 4.28. The Hall–Kier alpha value is -2.03. The highest BCUT2D eigenvalue weighted by Crippen LogP contribution is 2.50.